The van der Waals surface area contributed by atoms with E-state index in [0.29, 0.717) is 23.3 Å². The molecule has 38 heavy (non-hydrogen) atoms. The van der Waals surface area contributed by atoms with Crippen molar-refractivity contribution in [2.24, 2.45) is 0 Å². The smallest absolute Gasteiger partial charge is 0.310 e. The number of halogens is 2. The van der Waals surface area contributed by atoms with Gasteiger partial charge in [-0.2, -0.15) is 0 Å². The predicted molar refractivity (Wildman–Crippen MR) is 148 cm³/mol. The molecule has 10 heteroatoms. The van der Waals surface area contributed by atoms with Crippen molar-refractivity contribution in [1.29, 1.82) is 5.41 Å². The quantitative estimate of drug-likeness (QED) is 0.282. The number of Topliss-reactive ketones (excluding diaryl/α,β-unsaturated/α-hetero) is 1. The minimum Gasteiger partial charge on any atom is -0.507 e. The van der Waals surface area contributed by atoms with Crippen LogP contribution >= 0.6 is 17.0 Å². The van der Waals surface area contributed by atoms with Gasteiger partial charge in [-0.15, -0.1) is 17.0 Å². The molecule has 1 aliphatic heterocycles. The normalized spacial score (nSPS) is 12.6. The number of nitrogens with one attached hydrogen (secondary N) is 1. The maximum atomic E-state index is 15.4. The van der Waals surface area contributed by atoms with Crippen LogP contribution in [0, 0.1) is 11.2 Å². The van der Waals surface area contributed by atoms with E-state index < -0.39 is 17.2 Å². The molecule has 0 bridgehead atoms. The molecule has 0 unspecified atom stereocenters. The first kappa shape index (κ1) is 31.1. The first-order valence-corrected chi connectivity index (χ1v) is 12.4. The van der Waals surface area contributed by atoms with Crippen LogP contribution in [-0.4, -0.2) is 54.0 Å². The van der Waals surface area contributed by atoms with E-state index in [4.69, 9.17) is 19.6 Å². The molecule has 0 saturated carbocycles. The number of nitrogens with zero attached hydrogens (tertiary/aromatic N) is 1. The summed E-state index contributed by atoms with van der Waals surface area (Å²) in [5.41, 5.74) is 1.22. The molecular weight excluding hydrogens is 559 g/mol. The van der Waals surface area contributed by atoms with Crippen molar-refractivity contribution in [3.8, 4) is 17.2 Å². The maximum absolute atomic E-state index is 15.4. The number of phenolic OH excluding ortho intramolecular Hbond substituents is 1. The number of carbonyl (C=O) groups excluding carboxylic acids is 2. The number of ketones is 1. The van der Waals surface area contributed by atoms with Crippen LogP contribution < -0.4 is 9.47 Å². The summed E-state index contributed by atoms with van der Waals surface area (Å²) in [5, 5.41) is 19.4. The van der Waals surface area contributed by atoms with E-state index >= 15 is 4.39 Å². The van der Waals surface area contributed by atoms with Crippen LogP contribution in [-0.2, 0) is 27.9 Å². The molecule has 0 radical (unpaired) electrons. The van der Waals surface area contributed by atoms with Crippen LogP contribution in [0.5, 0.6) is 17.2 Å². The van der Waals surface area contributed by atoms with Gasteiger partial charge >= 0.3 is 5.97 Å². The third kappa shape index (κ3) is 6.46. The Morgan fingerprint density at radius 2 is 1.74 bits per heavy atom. The van der Waals surface area contributed by atoms with Crippen molar-refractivity contribution in [3.05, 3.63) is 51.8 Å². The summed E-state index contributed by atoms with van der Waals surface area (Å²) < 4.78 is 31.4. The van der Waals surface area contributed by atoms with Crippen molar-refractivity contribution in [3.63, 3.8) is 0 Å². The van der Waals surface area contributed by atoms with Crippen molar-refractivity contribution >= 4 is 34.6 Å². The zero-order chi connectivity index (χ0) is 27.5. The van der Waals surface area contributed by atoms with Gasteiger partial charge in [-0.3, -0.25) is 15.0 Å². The second kappa shape index (κ2) is 12.6. The molecule has 0 fully saturated rings. The molecule has 3 rings (SSSR count). The average molecular weight is 596 g/mol. The molecule has 1 aliphatic rings. The molecule has 8 nitrogen and oxygen atoms in total. The predicted octanol–water partition coefficient (Wildman–Crippen LogP) is 5.33. The Bertz CT molecular complexity index is 1230. The number of aromatic hydroxyl groups is 1. The van der Waals surface area contributed by atoms with Gasteiger partial charge in [0.15, 0.2) is 23.1 Å². The molecule has 0 atom stereocenters. The highest BCUT2D eigenvalue weighted by Crippen LogP contribution is 2.39. The van der Waals surface area contributed by atoms with Gasteiger partial charge in [0, 0.05) is 23.2 Å². The number of phenols is 1. The minimum absolute atomic E-state index is 0. The van der Waals surface area contributed by atoms with E-state index in [1.165, 1.54) is 11.0 Å². The molecule has 0 spiro atoms. The molecule has 0 amide bonds. The van der Waals surface area contributed by atoms with Crippen LogP contribution in [0.4, 0.5) is 4.39 Å². The zero-order valence-electron chi connectivity index (χ0n) is 22.7. The Morgan fingerprint density at radius 3 is 2.32 bits per heavy atom. The van der Waals surface area contributed by atoms with Gasteiger partial charge < -0.3 is 24.2 Å². The lowest BCUT2D eigenvalue weighted by Gasteiger charge is -2.24. The molecule has 0 aliphatic carbocycles. The summed E-state index contributed by atoms with van der Waals surface area (Å²) >= 11 is 0. The number of fused-ring (bicyclic) bond motifs is 1. The second-order valence-corrected chi connectivity index (χ2v) is 9.81. The topological polar surface area (TPSA) is 109 Å². The van der Waals surface area contributed by atoms with E-state index in [0.717, 1.165) is 0 Å². The Balaban J connectivity index is 0.00000507. The Morgan fingerprint density at radius 1 is 1.08 bits per heavy atom. The molecule has 1 heterocycles. The third-order valence-electron chi connectivity index (χ3n) is 6.07. The Kier molecular flexibility index (Phi) is 10.3. The van der Waals surface area contributed by atoms with Gasteiger partial charge in [0.05, 0.1) is 38.3 Å². The maximum Gasteiger partial charge on any atom is 0.310 e. The molecule has 2 N–H and O–H groups in total. The van der Waals surface area contributed by atoms with Gasteiger partial charge in [0.25, 0.3) is 0 Å². The van der Waals surface area contributed by atoms with Gasteiger partial charge in [0.1, 0.15) is 11.6 Å². The number of carbonyl (C=O) groups is 2. The standard InChI is InChI=1S/C28H35FN2O6.BrH/c1-7-35-21-12-18-14-31(27(30)23(18)24(29)26(21)37-9-3)15-20(32)16-10-17(13-22(33)36-8-2)25(34)19(11-16)28(4,5)6;/h10-12,30,34H,7-9,13-15H2,1-6H3;1H. The van der Waals surface area contributed by atoms with E-state index in [1.54, 1.807) is 32.9 Å². The minimum atomic E-state index is -0.681. The number of hydrogen-bond donors (Lipinski definition) is 2. The summed E-state index contributed by atoms with van der Waals surface area (Å²) in [6, 6.07) is 4.75. The van der Waals surface area contributed by atoms with E-state index in [2.05, 4.69) is 0 Å². The van der Waals surface area contributed by atoms with Gasteiger partial charge in [-0.1, -0.05) is 20.8 Å². The summed E-state index contributed by atoms with van der Waals surface area (Å²) in [6.45, 7) is 11.6. The average Bonchev–Trinajstić information content (AvgIpc) is 3.12. The SMILES string of the molecule is Br.CCOC(=O)Cc1cc(C(=O)CN2Cc3cc(OCC)c(OCC)c(F)c3C2=N)cc(C(C)(C)C)c1O. The van der Waals surface area contributed by atoms with Gasteiger partial charge in [-0.05, 0) is 49.9 Å². The number of amidine groups is 1. The van der Waals surface area contributed by atoms with Crippen LogP contribution in [0.25, 0.3) is 0 Å². The highest BCUT2D eigenvalue weighted by molar-refractivity contribution is 8.93. The molecule has 208 valence electrons. The van der Waals surface area contributed by atoms with Crippen molar-refractivity contribution in [2.75, 3.05) is 26.4 Å². The summed E-state index contributed by atoms with van der Waals surface area (Å²) in [7, 11) is 0. The monoisotopic (exact) mass is 594 g/mol. The van der Waals surface area contributed by atoms with Crippen LogP contribution in [0.2, 0.25) is 0 Å². The lowest BCUT2D eigenvalue weighted by molar-refractivity contribution is -0.142. The number of esters is 1. The van der Waals surface area contributed by atoms with Crippen LogP contribution in [0.3, 0.4) is 0 Å². The van der Waals surface area contributed by atoms with Crippen molar-refractivity contribution in [1.82, 2.24) is 4.90 Å². The van der Waals surface area contributed by atoms with E-state index in [9.17, 15) is 14.7 Å². The lowest BCUT2D eigenvalue weighted by Crippen LogP contribution is -2.31. The van der Waals surface area contributed by atoms with Crippen molar-refractivity contribution < 1.29 is 33.3 Å². The fraction of sp³-hybridized carbons (Fsp3) is 0.464. The summed E-state index contributed by atoms with van der Waals surface area (Å²) in [5.74, 6) is -1.47. The first-order chi connectivity index (χ1) is 17.4. The fourth-order valence-corrected chi connectivity index (χ4v) is 4.35. The lowest BCUT2D eigenvalue weighted by atomic mass is 9.83. The number of rotatable bonds is 10. The first-order valence-electron chi connectivity index (χ1n) is 12.4. The second-order valence-electron chi connectivity index (χ2n) is 9.81. The number of benzene rings is 2. The third-order valence-corrected chi connectivity index (χ3v) is 6.07. The number of hydrogen-bond acceptors (Lipinski definition) is 7. The molecule has 0 aromatic heterocycles. The van der Waals surface area contributed by atoms with Gasteiger partial charge in [-0.25, -0.2) is 4.39 Å². The largest absolute Gasteiger partial charge is 0.507 e. The zero-order valence-corrected chi connectivity index (χ0v) is 24.4. The molecule has 0 saturated heterocycles. The molecule has 2 aromatic carbocycles. The molecular formula is C28H36BrFN2O6. The Hall–Kier alpha value is -3.14. The van der Waals surface area contributed by atoms with E-state index in [-0.39, 0.29) is 89.7 Å². The number of ether oxygens (including phenoxy) is 3. The highest BCUT2D eigenvalue weighted by Gasteiger charge is 2.33. The summed E-state index contributed by atoms with van der Waals surface area (Å²) in [6.07, 6.45) is -0.180. The van der Waals surface area contributed by atoms with E-state index in [1.807, 2.05) is 20.8 Å². The van der Waals surface area contributed by atoms with Crippen LogP contribution in [0.1, 0.15) is 74.2 Å². The highest BCUT2D eigenvalue weighted by atomic mass is 79.9. The van der Waals surface area contributed by atoms with Gasteiger partial charge in [0.2, 0.25) is 0 Å². The van der Waals surface area contributed by atoms with Crippen molar-refractivity contribution in [2.45, 2.75) is 59.9 Å². The summed E-state index contributed by atoms with van der Waals surface area (Å²) in [4.78, 5) is 27.0. The van der Waals surface area contributed by atoms with Crippen LogP contribution in [0.15, 0.2) is 18.2 Å². The fourth-order valence-electron chi connectivity index (χ4n) is 4.35. The molecule has 2 aromatic rings. The Labute approximate surface area is 233 Å².